The van der Waals surface area contributed by atoms with Gasteiger partial charge in [0.15, 0.2) is 5.82 Å². The van der Waals surface area contributed by atoms with E-state index in [4.69, 9.17) is 4.74 Å². The zero-order valence-corrected chi connectivity index (χ0v) is 15.7. The maximum Gasteiger partial charge on any atom is 0.225 e. The van der Waals surface area contributed by atoms with Crippen LogP contribution in [0.15, 0.2) is 12.3 Å². The standard InChI is InChI=1S/C19H27N5O3/c25-17-3-1-15(2-4-17)19(26)24-7-5-22(6-8-24)16-13-18(21-20-14-16)23-9-11-27-12-10-23/h13-15H,1-12H2. The lowest BCUT2D eigenvalue weighted by molar-refractivity contribution is -0.137. The van der Waals surface area contributed by atoms with Crippen molar-refractivity contribution < 1.29 is 14.3 Å². The molecule has 1 aliphatic carbocycles. The van der Waals surface area contributed by atoms with Crippen molar-refractivity contribution in [3.05, 3.63) is 12.3 Å². The molecule has 0 unspecified atom stereocenters. The summed E-state index contributed by atoms with van der Waals surface area (Å²) in [6.45, 7) is 6.15. The molecule has 4 rings (SSSR count). The molecule has 2 saturated heterocycles. The summed E-state index contributed by atoms with van der Waals surface area (Å²) in [5.41, 5.74) is 1.06. The van der Waals surface area contributed by atoms with E-state index in [2.05, 4.69) is 26.1 Å². The molecule has 1 aromatic rings. The number of ether oxygens (including phenoxy) is 1. The Hall–Kier alpha value is -2.22. The number of morpholine rings is 1. The quantitative estimate of drug-likeness (QED) is 0.772. The molecule has 146 valence electrons. The van der Waals surface area contributed by atoms with Gasteiger partial charge in [-0.25, -0.2) is 0 Å². The second-order valence-corrected chi connectivity index (χ2v) is 7.50. The highest BCUT2D eigenvalue weighted by atomic mass is 16.5. The van der Waals surface area contributed by atoms with Crippen LogP contribution in [0, 0.1) is 5.92 Å². The molecule has 0 atom stereocenters. The molecule has 3 fully saturated rings. The van der Waals surface area contributed by atoms with Crippen molar-refractivity contribution in [3.63, 3.8) is 0 Å². The Morgan fingerprint density at radius 2 is 1.70 bits per heavy atom. The first-order chi connectivity index (χ1) is 13.2. The number of Topliss-reactive ketones (excluding diaryl/α,β-unsaturated/α-hetero) is 1. The van der Waals surface area contributed by atoms with Crippen LogP contribution < -0.4 is 9.80 Å². The number of hydrogen-bond acceptors (Lipinski definition) is 7. The van der Waals surface area contributed by atoms with E-state index in [1.165, 1.54) is 0 Å². The maximum atomic E-state index is 12.7. The Morgan fingerprint density at radius 1 is 1.00 bits per heavy atom. The monoisotopic (exact) mass is 373 g/mol. The van der Waals surface area contributed by atoms with Crippen LogP contribution >= 0.6 is 0 Å². The minimum Gasteiger partial charge on any atom is -0.378 e. The number of nitrogens with zero attached hydrogens (tertiary/aromatic N) is 5. The lowest BCUT2D eigenvalue weighted by atomic mass is 9.87. The van der Waals surface area contributed by atoms with Crippen molar-refractivity contribution in [1.29, 1.82) is 0 Å². The van der Waals surface area contributed by atoms with E-state index in [1.807, 2.05) is 4.90 Å². The van der Waals surface area contributed by atoms with Gasteiger partial charge in [0.1, 0.15) is 5.78 Å². The number of rotatable bonds is 3. The predicted molar refractivity (Wildman–Crippen MR) is 101 cm³/mol. The molecule has 0 radical (unpaired) electrons. The molecule has 1 saturated carbocycles. The summed E-state index contributed by atoms with van der Waals surface area (Å²) in [6.07, 6.45) is 4.35. The number of carbonyl (C=O) groups is 2. The molecule has 27 heavy (non-hydrogen) atoms. The molecular weight excluding hydrogens is 346 g/mol. The van der Waals surface area contributed by atoms with Crippen molar-refractivity contribution in [2.45, 2.75) is 25.7 Å². The zero-order chi connectivity index (χ0) is 18.6. The Kier molecular flexibility index (Phi) is 5.52. The fraction of sp³-hybridized carbons (Fsp3) is 0.684. The van der Waals surface area contributed by atoms with Crippen LogP contribution in [0.1, 0.15) is 25.7 Å². The van der Waals surface area contributed by atoms with Crippen LogP contribution in [0.5, 0.6) is 0 Å². The highest BCUT2D eigenvalue weighted by Gasteiger charge is 2.30. The molecular formula is C19H27N5O3. The third-order valence-corrected chi connectivity index (χ3v) is 5.81. The second kappa shape index (κ2) is 8.21. The SMILES string of the molecule is O=C1CCC(C(=O)N2CCN(c3cnnc(N4CCOCC4)c3)CC2)CC1. The maximum absolute atomic E-state index is 12.7. The largest absolute Gasteiger partial charge is 0.378 e. The smallest absolute Gasteiger partial charge is 0.225 e. The van der Waals surface area contributed by atoms with Gasteiger partial charge in [0, 0.05) is 64.1 Å². The van der Waals surface area contributed by atoms with Gasteiger partial charge >= 0.3 is 0 Å². The van der Waals surface area contributed by atoms with Crippen molar-refractivity contribution >= 4 is 23.2 Å². The van der Waals surface area contributed by atoms with Gasteiger partial charge in [-0.1, -0.05) is 0 Å². The lowest BCUT2D eigenvalue weighted by Crippen LogP contribution is -2.50. The summed E-state index contributed by atoms with van der Waals surface area (Å²) < 4.78 is 5.40. The van der Waals surface area contributed by atoms with Gasteiger partial charge in [-0.2, -0.15) is 5.10 Å². The Morgan fingerprint density at radius 3 is 2.41 bits per heavy atom. The number of carbonyl (C=O) groups excluding carboxylic acids is 2. The van der Waals surface area contributed by atoms with Gasteiger partial charge < -0.3 is 19.4 Å². The topological polar surface area (TPSA) is 78.9 Å². The molecule has 3 aliphatic rings. The molecule has 8 nitrogen and oxygen atoms in total. The third kappa shape index (κ3) is 4.21. The number of anilines is 2. The van der Waals surface area contributed by atoms with E-state index >= 15 is 0 Å². The summed E-state index contributed by atoms with van der Waals surface area (Å²) in [7, 11) is 0. The number of piperazine rings is 1. The van der Waals surface area contributed by atoms with Crippen LogP contribution in [0.2, 0.25) is 0 Å². The minimum atomic E-state index is 0.0322. The van der Waals surface area contributed by atoms with Gasteiger partial charge in [0.05, 0.1) is 25.1 Å². The van der Waals surface area contributed by atoms with E-state index in [0.717, 1.165) is 76.8 Å². The Bertz CT molecular complexity index is 674. The van der Waals surface area contributed by atoms with Gasteiger partial charge in [-0.05, 0) is 12.8 Å². The highest BCUT2D eigenvalue weighted by molar-refractivity contribution is 5.84. The molecule has 1 aromatic heterocycles. The van der Waals surface area contributed by atoms with Gasteiger partial charge in [0.25, 0.3) is 0 Å². The van der Waals surface area contributed by atoms with Crippen LogP contribution in [0.4, 0.5) is 11.5 Å². The number of hydrogen-bond donors (Lipinski definition) is 0. The molecule has 0 N–H and O–H groups in total. The molecule has 0 bridgehead atoms. The van der Waals surface area contributed by atoms with Crippen LogP contribution in [-0.4, -0.2) is 79.3 Å². The fourth-order valence-corrected chi connectivity index (χ4v) is 4.10. The van der Waals surface area contributed by atoms with E-state index in [-0.39, 0.29) is 11.8 Å². The average Bonchev–Trinajstić information content (AvgIpc) is 2.75. The molecule has 8 heteroatoms. The van der Waals surface area contributed by atoms with E-state index in [1.54, 1.807) is 6.20 Å². The predicted octanol–water partition coefficient (Wildman–Crippen LogP) is 0.721. The second-order valence-electron chi connectivity index (χ2n) is 7.50. The average molecular weight is 373 g/mol. The number of aromatic nitrogens is 2. The minimum absolute atomic E-state index is 0.0322. The fourth-order valence-electron chi connectivity index (χ4n) is 4.10. The molecule has 0 spiro atoms. The van der Waals surface area contributed by atoms with Crippen molar-refractivity contribution in [3.8, 4) is 0 Å². The lowest BCUT2D eigenvalue weighted by Gasteiger charge is -2.38. The first-order valence-electron chi connectivity index (χ1n) is 9.91. The zero-order valence-electron chi connectivity index (χ0n) is 15.7. The normalized spacial score (nSPS) is 22.2. The third-order valence-electron chi connectivity index (χ3n) is 5.81. The Labute approximate surface area is 159 Å². The summed E-state index contributed by atoms with van der Waals surface area (Å²) in [4.78, 5) is 30.6. The number of amides is 1. The summed E-state index contributed by atoms with van der Waals surface area (Å²) in [5.74, 6) is 1.44. The Balaban J connectivity index is 1.33. The molecule has 0 aromatic carbocycles. The van der Waals surface area contributed by atoms with E-state index in [9.17, 15) is 9.59 Å². The number of ketones is 1. The molecule has 3 heterocycles. The summed E-state index contributed by atoms with van der Waals surface area (Å²) in [5, 5.41) is 8.45. The highest BCUT2D eigenvalue weighted by Crippen LogP contribution is 2.25. The summed E-state index contributed by atoms with van der Waals surface area (Å²) in [6, 6.07) is 2.09. The van der Waals surface area contributed by atoms with E-state index in [0.29, 0.717) is 18.6 Å². The van der Waals surface area contributed by atoms with Gasteiger partial charge in [0.2, 0.25) is 5.91 Å². The van der Waals surface area contributed by atoms with Crippen LogP contribution in [0.3, 0.4) is 0 Å². The van der Waals surface area contributed by atoms with Crippen molar-refractivity contribution in [1.82, 2.24) is 15.1 Å². The molecule has 1 amide bonds. The first kappa shape index (κ1) is 18.2. The summed E-state index contributed by atoms with van der Waals surface area (Å²) >= 11 is 0. The van der Waals surface area contributed by atoms with E-state index < -0.39 is 0 Å². The van der Waals surface area contributed by atoms with Crippen molar-refractivity contribution in [2.24, 2.45) is 5.92 Å². The molecule has 2 aliphatic heterocycles. The van der Waals surface area contributed by atoms with Crippen molar-refractivity contribution in [2.75, 3.05) is 62.3 Å². The van der Waals surface area contributed by atoms with Gasteiger partial charge in [-0.3, -0.25) is 9.59 Å². The van der Waals surface area contributed by atoms with Crippen LogP contribution in [-0.2, 0) is 14.3 Å². The van der Waals surface area contributed by atoms with Gasteiger partial charge in [-0.15, -0.1) is 5.10 Å². The van der Waals surface area contributed by atoms with Crippen LogP contribution in [0.25, 0.3) is 0 Å². The first-order valence-corrected chi connectivity index (χ1v) is 9.91.